The van der Waals surface area contributed by atoms with Crippen LogP contribution in [0.4, 0.5) is 0 Å². The highest BCUT2D eigenvalue weighted by atomic mass is 127. The van der Waals surface area contributed by atoms with Crippen molar-refractivity contribution in [2.75, 3.05) is 39.8 Å². The number of phenols is 3. The van der Waals surface area contributed by atoms with Crippen molar-refractivity contribution in [2.45, 2.75) is 185 Å². The van der Waals surface area contributed by atoms with Crippen LogP contribution in [0, 0.1) is 11.8 Å². The van der Waals surface area contributed by atoms with Crippen molar-refractivity contribution in [1.29, 1.82) is 0 Å². The van der Waals surface area contributed by atoms with Gasteiger partial charge in [0.05, 0.1) is 47.6 Å². The van der Waals surface area contributed by atoms with Gasteiger partial charge in [0.25, 0.3) is 0 Å². The molecule has 15 nitrogen and oxygen atoms in total. The van der Waals surface area contributed by atoms with Crippen LogP contribution < -0.4 is 19.5 Å². The van der Waals surface area contributed by atoms with Crippen LogP contribution in [0.25, 0.3) is 0 Å². The van der Waals surface area contributed by atoms with Gasteiger partial charge < -0.3 is 54.6 Å². The first-order valence-electron chi connectivity index (χ1n) is 28.1. The summed E-state index contributed by atoms with van der Waals surface area (Å²) in [4.78, 5) is 40.5. The number of carbonyl (C=O) groups excluding carboxylic acids is 3. The number of hydrogen-bond donors (Lipinski definition) is 7. The summed E-state index contributed by atoms with van der Waals surface area (Å²) in [5.74, 6) is 3.32. The summed E-state index contributed by atoms with van der Waals surface area (Å²) in [6, 6.07) is 11.0. The molecule has 8 fully saturated rings. The molecular weight excluding hydrogens is 1070 g/mol. The number of hydrogen-bond acceptors (Lipinski definition) is 14. The van der Waals surface area contributed by atoms with Gasteiger partial charge in [-0.2, -0.15) is 0 Å². The van der Waals surface area contributed by atoms with E-state index in [1.165, 1.54) is 38.5 Å². The minimum atomic E-state index is -0.962. The topological polar surface area (TPSA) is 216 Å². The summed E-state index contributed by atoms with van der Waals surface area (Å²) in [6.07, 6.45) is 12.9. The fraction of sp³-hybridized carbons (Fsp3) is 0.644. The van der Waals surface area contributed by atoms with Gasteiger partial charge in [0.2, 0.25) is 0 Å². The van der Waals surface area contributed by atoms with Crippen molar-refractivity contribution in [3.63, 3.8) is 0 Å². The Morgan fingerprint density at radius 2 is 1.08 bits per heavy atom. The quantitative estimate of drug-likeness (QED) is 0.135. The molecule has 0 unspecified atom stereocenters. The molecule has 0 amide bonds. The van der Waals surface area contributed by atoms with Crippen molar-refractivity contribution < 1.29 is 63.7 Å². The molecule has 5 saturated carbocycles. The van der Waals surface area contributed by atoms with E-state index in [2.05, 4.69) is 17.3 Å². The smallest absolute Gasteiger partial charge is 0.174 e. The number of ether oxygens (including phenoxy) is 3. The number of nitrogens with one attached hydrogen (secondary N) is 1. The predicted molar refractivity (Wildman–Crippen MR) is 282 cm³/mol. The highest BCUT2D eigenvalue weighted by molar-refractivity contribution is 14.0. The molecule has 6 bridgehead atoms. The van der Waals surface area contributed by atoms with Crippen LogP contribution in [0.2, 0.25) is 0 Å². The fourth-order valence-corrected chi connectivity index (χ4v) is 19.2. The Labute approximate surface area is 453 Å². The number of rotatable bonds is 4. The molecule has 7 N–H and O–H groups in total. The zero-order chi connectivity index (χ0) is 50.7. The monoisotopic (exact) mass is 1140 g/mol. The maximum atomic E-state index is 12.8. The maximum Gasteiger partial charge on any atom is 0.174 e. The minimum Gasteiger partial charge on any atom is -0.504 e. The first-order valence-corrected chi connectivity index (χ1v) is 28.1. The fourth-order valence-electron chi connectivity index (χ4n) is 19.2. The molecule has 400 valence electrons. The Morgan fingerprint density at radius 1 is 0.600 bits per heavy atom. The van der Waals surface area contributed by atoms with Crippen molar-refractivity contribution in [3.05, 3.63) is 69.8 Å². The first-order chi connectivity index (χ1) is 35.5. The zero-order valence-corrected chi connectivity index (χ0v) is 45.1. The van der Waals surface area contributed by atoms with Crippen LogP contribution in [0.5, 0.6) is 34.5 Å². The van der Waals surface area contributed by atoms with E-state index in [1.807, 2.05) is 18.2 Å². The first kappa shape index (κ1) is 49.3. The SMILES string of the molecule is C[N@+]1(CC2CCC2)CC[C@]23c4c5ccc(O)c4O[C@H]2C(=O)CC[C@@]3(O)[C@H]1C5.I.O=C1CC[C@@]2(O)[C@H]3Cc4ccc(O)c5c4[C@@]2(CCN3)[C@H]1O5.O=C1CC[C@@]2(O)[C@H]3Cc4ccc(O)c5c4[C@@]2(CCN3CC2CCC2)[C@H]1O5. The van der Waals surface area contributed by atoms with E-state index in [0.29, 0.717) is 68.6 Å². The summed E-state index contributed by atoms with van der Waals surface area (Å²) >= 11 is 0. The number of piperidine rings is 3. The molecule has 3 spiro atoms. The molecule has 17 rings (SSSR count). The molecule has 0 radical (unpaired) electrons. The summed E-state index contributed by atoms with van der Waals surface area (Å²) in [6.45, 7) is 4.80. The van der Waals surface area contributed by atoms with E-state index in [-0.39, 0.29) is 76.7 Å². The Kier molecular flexibility index (Phi) is 10.7. The van der Waals surface area contributed by atoms with E-state index in [9.17, 15) is 45.0 Å². The van der Waals surface area contributed by atoms with Gasteiger partial charge >= 0.3 is 0 Å². The normalized spacial score (nSPS) is 42.0. The van der Waals surface area contributed by atoms with E-state index >= 15 is 0 Å². The highest BCUT2D eigenvalue weighted by Crippen LogP contribution is 2.68. The number of benzene rings is 3. The molecule has 8 aliphatic carbocycles. The van der Waals surface area contributed by atoms with Gasteiger partial charge in [0, 0.05) is 73.3 Å². The number of quaternary nitrogens is 1. The third-order valence-electron chi connectivity index (χ3n) is 23.0. The summed E-state index contributed by atoms with van der Waals surface area (Å²) < 4.78 is 19.0. The molecule has 0 aromatic heterocycles. The van der Waals surface area contributed by atoms with Gasteiger partial charge in [-0.1, -0.05) is 31.0 Å². The number of likely N-dealkylation sites (tertiary alicyclic amines) is 2. The number of nitrogens with zero attached hydrogens (tertiary/aromatic N) is 2. The number of Topliss-reactive ketones (excluding diaryl/α,β-unsaturated/α-hetero) is 3. The Hall–Kier alpha value is -4.04. The van der Waals surface area contributed by atoms with E-state index in [1.54, 1.807) is 18.2 Å². The molecule has 3 aromatic rings. The number of likely N-dealkylation sites (N-methyl/N-ethyl adjacent to an activating group) is 1. The predicted octanol–water partition coefficient (Wildman–Crippen LogP) is 5.00. The van der Waals surface area contributed by atoms with Crippen molar-refractivity contribution in [1.82, 2.24) is 10.2 Å². The molecule has 16 heteroatoms. The molecular formula is C59H71IN3O12+. The van der Waals surface area contributed by atoms with E-state index < -0.39 is 51.4 Å². The number of aliphatic hydroxyl groups is 3. The third-order valence-corrected chi connectivity index (χ3v) is 23.0. The van der Waals surface area contributed by atoms with Crippen molar-refractivity contribution in [2.24, 2.45) is 11.8 Å². The van der Waals surface area contributed by atoms with Gasteiger partial charge in [-0.3, -0.25) is 19.3 Å². The average molecular weight is 1140 g/mol. The summed E-state index contributed by atoms with van der Waals surface area (Å²) in [7, 11) is 2.32. The van der Waals surface area contributed by atoms with Crippen LogP contribution in [0.1, 0.15) is 130 Å². The molecule has 6 heterocycles. The standard InChI is InChI=1S/C22H27NO4.C21H25NO4.C16H17NO4.HI/c1-23(12-13-3-2-4-13)10-9-21-18-14-5-6-15(24)19(18)27-20(21)16(25)7-8-22(21,26)17(23)11-14;23-14-5-4-13-10-16-21(25)7-6-15(24)19-20(21,17(13)18(14)26-19)8-9-22(16)11-12-2-1-3-12;18-9-2-1-8-7-11-16(20)4-3-10(19)14-15(16,5-6-17-11)12(8)13(9)21-14;/h5-6,13,17,20,26H,2-4,7-12H2,1H3;4-5,12,16,19,23,25H,1-3,6-11H2;1-2,11,14,17-18,20H,3-7H2;1H/p+1/t17-,20+,21+,22-,23-;16-,19+,20+,21-;11-,14+,15+,16-;/m111./s1. The van der Waals surface area contributed by atoms with Gasteiger partial charge in [-0.05, 0) is 125 Å². The second kappa shape index (κ2) is 16.3. The number of aromatic hydroxyl groups is 3. The molecule has 75 heavy (non-hydrogen) atoms. The number of ketones is 3. The Balaban J connectivity index is 0.000000103. The lowest BCUT2D eigenvalue weighted by Crippen LogP contribution is -2.81. The largest absolute Gasteiger partial charge is 0.504 e. The van der Waals surface area contributed by atoms with E-state index in [4.69, 9.17) is 14.2 Å². The summed E-state index contributed by atoms with van der Waals surface area (Å²) in [5.41, 5.74) is 1.27. The highest BCUT2D eigenvalue weighted by Gasteiger charge is 2.78. The molecule has 6 aliphatic heterocycles. The van der Waals surface area contributed by atoms with E-state index in [0.717, 1.165) is 108 Å². The van der Waals surface area contributed by atoms with Crippen LogP contribution >= 0.6 is 24.0 Å². The summed E-state index contributed by atoms with van der Waals surface area (Å²) in [5, 5.41) is 70.1. The van der Waals surface area contributed by atoms with Gasteiger partial charge in [-0.15, -0.1) is 24.0 Å². The second-order valence-electron chi connectivity index (χ2n) is 25.8. The van der Waals surface area contributed by atoms with Crippen molar-refractivity contribution in [3.8, 4) is 34.5 Å². The zero-order valence-electron chi connectivity index (χ0n) is 42.8. The van der Waals surface area contributed by atoms with Crippen LogP contribution in [-0.2, 0) is 49.9 Å². The van der Waals surface area contributed by atoms with Gasteiger partial charge in [0.1, 0.15) is 11.6 Å². The number of halogens is 1. The van der Waals surface area contributed by atoms with Gasteiger partial charge in [0.15, 0.2) is 70.2 Å². The Morgan fingerprint density at radius 3 is 1.61 bits per heavy atom. The van der Waals surface area contributed by atoms with Gasteiger partial charge in [-0.25, -0.2) is 0 Å². The molecule has 13 atom stereocenters. The average Bonchev–Trinajstić information content (AvgIpc) is 4.28. The lowest BCUT2D eigenvalue weighted by Gasteiger charge is -2.64. The second-order valence-corrected chi connectivity index (χ2v) is 25.8. The minimum absolute atomic E-state index is 0. The molecule has 3 aromatic carbocycles. The number of carbonyl (C=O) groups is 3. The van der Waals surface area contributed by atoms with Crippen molar-refractivity contribution >= 4 is 41.3 Å². The lowest BCUT2D eigenvalue weighted by molar-refractivity contribution is -0.952. The molecule has 3 saturated heterocycles. The number of phenolic OH excluding ortho intramolecular Hbond substituents is 3. The van der Waals surface area contributed by atoms with Crippen LogP contribution in [0.15, 0.2) is 36.4 Å². The maximum absolute atomic E-state index is 12.8. The molecule has 14 aliphatic rings. The third kappa shape index (κ3) is 5.95. The van der Waals surface area contributed by atoms with Crippen LogP contribution in [0.3, 0.4) is 0 Å². The van der Waals surface area contributed by atoms with Crippen LogP contribution in [-0.4, -0.2) is 150 Å². The lowest BCUT2D eigenvalue weighted by atomic mass is 9.48. The Bertz CT molecular complexity index is 3000.